The molecule has 11 heteroatoms. The fourth-order valence-electron chi connectivity index (χ4n) is 5.26. The molecule has 2 aliphatic rings. The largest absolute Gasteiger partial charge is 0.444 e. The highest BCUT2D eigenvalue weighted by atomic mass is 16.6. The monoisotopic (exact) mass is 625 g/mol. The van der Waals surface area contributed by atoms with Crippen molar-refractivity contribution in [2.24, 2.45) is 5.92 Å². The quantitative estimate of drug-likeness (QED) is 0.285. The Morgan fingerprint density at radius 1 is 0.978 bits per heavy atom. The second-order valence-corrected chi connectivity index (χ2v) is 14.0. The topological polar surface area (TPSA) is 134 Å². The first-order valence-corrected chi connectivity index (χ1v) is 15.9. The van der Waals surface area contributed by atoms with Gasteiger partial charge in [0.05, 0.1) is 23.0 Å². The summed E-state index contributed by atoms with van der Waals surface area (Å²) in [6, 6.07) is 11.2. The number of hydrogen-bond acceptors (Lipinski definition) is 9. The summed E-state index contributed by atoms with van der Waals surface area (Å²) in [5, 5.41) is 13.0. The summed E-state index contributed by atoms with van der Waals surface area (Å²) in [4.78, 5) is 43.0. The average Bonchev–Trinajstić information content (AvgIpc) is 3.85. The number of nitrogens with zero attached hydrogens (tertiary/aromatic N) is 6. The van der Waals surface area contributed by atoms with Gasteiger partial charge in [0.25, 0.3) is 0 Å². The van der Waals surface area contributed by atoms with Gasteiger partial charge in [-0.1, -0.05) is 0 Å². The third-order valence-electron chi connectivity index (χ3n) is 7.69. The van der Waals surface area contributed by atoms with E-state index in [-0.39, 0.29) is 11.9 Å². The molecule has 0 bridgehead atoms. The standard InChI is InChI=1S/C35H43N7O4/c1-34(2,3)45-32(43)41-13-10-23(11-14-41)20-39-28-16-27(21-37-22-28)29-17-26(25-7-8-25)18-31(40-29)42(33(44)46-35(4,5)6)30-15-24(19-36)9-12-38-30/h9,12,15-18,21-23,25,39H,7-8,10-11,13-14,20H2,1-6H3. The summed E-state index contributed by atoms with van der Waals surface area (Å²) in [5.41, 5.74) is 2.52. The number of aromatic nitrogens is 3. The van der Waals surface area contributed by atoms with Gasteiger partial charge in [0, 0.05) is 43.8 Å². The van der Waals surface area contributed by atoms with Crippen LogP contribution >= 0.6 is 0 Å². The van der Waals surface area contributed by atoms with Crippen molar-refractivity contribution in [2.45, 2.75) is 84.3 Å². The highest BCUT2D eigenvalue weighted by molar-refractivity contribution is 5.94. The van der Waals surface area contributed by atoms with Gasteiger partial charge in [-0.25, -0.2) is 24.5 Å². The number of carbonyl (C=O) groups excluding carboxylic acids is 2. The van der Waals surface area contributed by atoms with Crippen molar-refractivity contribution in [3.63, 3.8) is 0 Å². The lowest BCUT2D eigenvalue weighted by Gasteiger charge is -2.33. The molecule has 0 aromatic carbocycles. The number of hydrogen-bond donors (Lipinski definition) is 1. The fraction of sp³-hybridized carbons (Fsp3) is 0.486. The number of ether oxygens (including phenoxy) is 2. The first-order valence-electron chi connectivity index (χ1n) is 15.9. The van der Waals surface area contributed by atoms with Crippen molar-refractivity contribution in [3.05, 3.63) is 60.0 Å². The minimum absolute atomic E-state index is 0.255. The van der Waals surface area contributed by atoms with Gasteiger partial charge >= 0.3 is 12.2 Å². The van der Waals surface area contributed by atoms with E-state index in [2.05, 4.69) is 27.4 Å². The summed E-state index contributed by atoms with van der Waals surface area (Å²) < 4.78 is 11.3. The van der Waals surface area contributed by atoms with Gasteiger partial charge in [-0.2, -0.15) is 5.26 Å². The number of rotatable bonds is 7. The van der Waals surface area contributed by atoms with Gasteiger partial charge in [0.15, 0.2) is 0 Å². The van der Waals surface area contributed by atoms with Crippen LogP contribution in [0.5, 0.6) is 0 Å². The SMILES string of the molecule is CC(C)(C)OC(=O)N1CCC(CNc2cncc(-c3cc(C4CC4)cc(N(C(=O)OC(C)(C)C)c4cc(C#N)ccn4)n3)c2)CC1. The van der Waals surface area contributed by atoms with Gasteiger partial charge in [-0.05, 0) is 115 Å². The summed E-state index contributed by atoms with van der Waals surface area (Å²) in [5.74, 6) is 1.40. The maximum absolute atomic E-state index is 13.6. The highest BCUT2D eigenvalue weighted by Gasteiger charge is 2.31. The van der Waals surface area contributed by atoms with Crippen molar-refractivity contribution < 1.29 is 19.1 Å². The molecule has 1 saturated heterocycles. The van der Waals surface area contributed by atoms with Crippen LogP contribution in [0.1, 0.15) is 84.3 Å². The Kier molecular flexibility index (Phi) is 9.47. The normalized spacial score (nSPS) is 15.5. The van der Waals surface area contributed by atoms with E-state index in [4.69, 9.17) is 14.5 Å². The van der Waals surface area contributed by atoms with Gasteiger partial charge in [0.1, 0.15) is 22.8 Å². The molecule has 1 saturated carbocycles. The van der Waals surface area contributed by atoms with Crippen molar-refractivity contribution in [1.29, 1.82) is 5.26 Å². The molecular formula is C35H43N7O4. The van der Waals surface area contributed by atoms with Crippen LogP contribution in [-0.2, 0) is 9.47 Å². The molecule has 0 spiro atoms. The molecule has 3 aromatic rings. The molecule has 1 aliphatic heterocycles. The van der Waals surface area contributed by atoms with E-state index >= 15 is 0 Å². The van der Waals surface area contributed by atoms with Crippen LogP contribution in [0.3, 0.4) is 0 Å². The van der Waals surface area contributed by atoms with E-state index in [1.54, 1.807) is 50.2 Å². The molecule has 1 aliphatic carbocycles. The minimum Gasteiger partial charge on any atom is -0.444 e. The number of nitrogens with one attached hydrogen (secondary N) is 1. The fourth-order valence-corrected chi connectivity index (χ4v) is 5.26. The minimum atomic E-state index is -0.755. The van der Waals surface area contributed by atoms with Gasteiger partial charge in [-0.15, -0.1) is 0 Å². The number of anilines is 3. The molecule has 0 radical (unpaired) electrons. The molecule has 3 aromatic heterocycles. The van der Waals surface area contributed by atoms with E-state index in [0.29, 0.717) is 42.0 Å². The first kappa shape index (κ1) is 32.7. The number of likely N-dealkylation sites (tertiary alicyclic amines) is 1. The van der Waals surface area contributed by atoms with Crippen LogP contribution < -0.4 is 10.2 Å². The number of piperidine rings is 1. The van der Waals surface area contributed by atoms with E-state index in [9.17, 15) is 14.9 Å². The Morgan fingerprint density at radius 3 is 2.35 bits per heavy atom. The average molecular weight is 626 g/mol. The highest BCUT2D eigenvalue weighted by Crippen LogP contribution is 2.43. The van der Waals surface area contributed by atoms with Gasteiger partial charge in [0.2, 0.25) is 0 Å². The molecular weight excluding hydrogens is 582 g/mol. The Bertz CT molecular complexity index is 1610. The molecule has 4 heterocycles. The Labute approximate surface area is 271 Å². The lowest BCUT2D eigenvalue weighted by molar-refractivity contribution is 0.0188. The molecule has 2 fully saturated rings. The van der Waals surface area contributed by atoms with Crippen molar-refractivity contribution in [1.82, 2.24) is 19.9 Å². The van der Waals surface area contributed by atoms with Crippen LogP contribution in [0, 0.1) is 17.2 Å². The molecule has 5 rings (SSSR count). The predicted molar refractivity (Wildman–Crippen MR) is 176 cm³/mol. The lowest BCUT2D eigenvalue weighted by Crippen LogP contribution is -2.42. The maximum Gasteiger partial charge on any atom is 0.421 e. The van der Waals surface area contributed by atoms with Crippen molar-refractivity contribution in [2.75, 3.05) is 29.9 Å². The second kappa shape index (κ2) is 13.3. The zero-order chi connectivity index (χ0) is 33.1. The number of amides is 2. The zero-order valence-corrected chi connectivity index (χ0v) is 27.5. The number of nitriles is 1. The van der Waals surface area contributed by atoms with Gasteiger partial charge in [-0.3, -0.25) is 4.98 Å². The summed E-state index contributed by atoms with van der Waals surface area (Å²) in [6.07, 6.45) is 8.05. The molecule has 1 N–H and O–H groups in total. The van der Waals surface area contributed by atoms with Crippen LogP contribution in [-0.4, -0.2) is 62.9 Å². The third-order valence-corrected chi connectivity index (χ3v) is 7.69. The van der Waals surface area contributed by atoms with Crippen molar-refractivity contribution in [3.8, 4) is 17.3 Å². The third kappa shape index (κ3) is 8.71. The summed E-state index contributed by atoms with van der Waals surface area (Å²) in [7, 11) is 0. The second-order valence-electron chi connectivity index (χ2n) is 14.0. The molecule has 0 unspecified atom stereocenters. The molecule has 242 valence electrons. The Hall–Kier alpha value is -4.72. The lowest BCUT2D eigenvalue weighted by atomic mass is 9.97. The molecule has 2 amide bonds. The zero-order valence-electron chi connectivity index (χ0n) is 27.5. The van der Waals surface area contributed by atoms with Crippen molar-refractivity contribution >= 4 is 29.5 Å². The smallest absolute Gasteiger partial charge is 0.421 e. The maximum atomic E-state index is 13.6. The summed E-state index contributed by atoms with van der Waals surface area (Å²) >= 11 is 0. The molecule has 0 atom stereocenters. The Balaban J connectivity index is 1.36. The number of pyridine rings is 3. The number of carbonyl (C=O) groups is 2. The van der Waals surface area contributed by atoms with Crippen LogP contribution in [0.25, 0.3) is 11.3 Å². The summed E-state index contributed by atoms with van der Waals surface area (Å²) in [6.45, 7) is 13.1. The van der Waals surface area contributed by atoms with Crippen LogP contribution in [0.4, 0.5) is 26.9 Å². The van der Waals surface area contributed by atoms with E-state index in [1.165, 1.54) is 11.1 Å². The molecule has 46 heavy (non-hydrogen) atoms. The van der Waals surface area contributed by atoms with Gasteiger partial charge < -0.3 is 19.7 Å². The van der Waals surface area contributed by atoms with E-state index in [1.807, 2.05) is 32.9 Å². The van der Waals surface area contributed by atoms with E-state index in [0.717, 1.165) is 49.0 Å². The predicted octanol–water partition coefficient (Wildman–Crippen LogP) is 7.42. The van der Waals surface area contributed by atoms with Crippen LogP contribution in [0.15, 0.2) is 48.9 Å². The first-order chi connectivity index (χ1) is 21.8. The van der Waals surface area contributed by atoms with Crippen LogP contribution in [0.2, 0.25) is 0 Å². The Morgan fingerprint density at radius 2 is 1.70 bits per heavy atom. The van der Waals surface area contributed by atoms with E-state index < -0.39 is 17.3 Å². The molecule has 11 nitrogen and oxygen atoms in total.